The summed E-state index contributed by atoms with van der Waals surface area (Å²) < 4.78 is 0. The van der Waals surface area contributed by atoms with Crippen molar-refractivity contribution in [3.63, 3.8) is 0 Å². The van der Waals surface area contributed by atoms with Gasteiger partial charge in [-0.15, -0.1) is 0 Å². The number of hydrogen-bond acceptors (Lipinski definition) is 3. The van der Waals surface area contributed by atoms with Gasteiger partial charge >= 0.3 is 0 Å². The molecule has 3 nitrogen and oxygen atoms in total. The molecule has 0 saturated carbocycles. The van der Waals surface area contributed by atoms with E-state index in [0.29, 0.717) is 17.7 Å². The van der Waals surface area contributed by atoms with Gasteiger partial charge in [-0.05, 0) is 56.3 Å². The Balaban J connectivity index is 2.20. The van der Waals surface area contributed by atoms with E-state index in [9.17, 15) is 5.11 Å². The molecular formula is C15H25NO2. The van der Waals surface area contributed by atoms with Crippen LogP contribution in [0, 0.1) is 5.92 Å². The van der Waals surface area contributed by atoms with Gasteiger partial charge in [0.05, 0.1) is 0 Å². The van der Waals surface area contributed by atoms with Crippen LogP contribution in [0.15, 0.2) is 24.3 Å². The van der Waals surface area contributed by atoms with Gasteiger partial charge in [-0.1, -0.05) is 19.1 Å². The molecule has 1 aromatic carbocycles. The number of aliphatic hydroxyl groups excluding tert-OH is 1. The molecule has 0 aliphatic carbocycles. The van der Waals surface area contributed by atoms with Gasteiger partial charge in [-0.3, -0.25) is 0 Å². The van der Waals surface area contributed by atoms with Gasteiger partial charge in [0.25, 0.3) is 0 Å². The van der Waals surface area contributed by atoms with E-state index < -0.39 is 0 Å². The zero-order valence-corrected chi connectivity index (χ0v) is 11.4. The number of nitrogens with one attached hydrogen (secondary N) is 1. The van der Waals surface area contributed by atoms with Gasteiger partial charge in [0.2, 0.25) is 0 Å². The summed E-state index contributed by atoms with van der Waals surface area (Å²) in [5.74, 6) is 0.842. The molecule has 0 saturated heterocycles. The monoisotopic (exact) mass is 251 g/mol. The zero-order chi connectivity index (χ0) is 13.4. The maximum Gasteiger partial charge on any atom is 0.115 e. The second-order valence-electron chi connectivity index (χ2n) is 5.13. The molecule has 0 aliphatic rings. The molecule has 0 radical (unpaired) electrons. The minimum Gasteiger partial charge on any atom is -0.508 e. The first-order chi connectivity index (χ1) is 8.61. The molecule has 3 N–H and O–H groups in total. The van der Waals surface area contributed by atoms with Crippen molar-refractivity contribution in [2.24, 2.45) is 5.92 Å². The molecule has 0 amide bonds. The van der Waals surface area contributed by atoms with Crippen LogP contribution >= 0.6 is 0 Å². The smallest absolute Gasteiger partial charge is 0.115 e. The summed E-state index contributed by atoms with van der Waals surface area (Å²) in [5.41, 5.74) is 1.25. The molecule has 0 aromatic heterocycles. The van der Waals surface area contributed by atoms with Crippen molar-refractivity contribution in [1.82, 2.24) is 5.32 Å². The van der Waals surface area contributed by atoms with E-state index in [1.807, 2.05) is 12.1 Å². The Kier molecular flexibility index (Phi) is 6.76. The lowest BCUT2D eigenvalue weighted by molar-refractivity contribution is 0.257. The number of phenols is 1. The number of aryl methyl sites for hydroxylation is 1. The van der Waals surface area contributed by atoms with E-state index in [4.69, 9.17) is 5.11 Å². The molecule has 0 aliphatic heterocycles. The minimum absolute atomic E-state index is 0.269. The highest BCUT2D eigenvalue weighted by Crippen LogP contribution is 2.12. The Morgan fingerprint density at radius 1 is 1.11 bits per heavy atom. The van der Waals surface area contributed by atoms with Crippen molar-refractivity contribution in [2.75, 3.05) is 13.2 Å². The average Bonchev–Trinajstić information content (AvgIpc) is 2.36. The van der Waals surface area contributed by atoms with Crippen molar-refractivity contribution in [3.8, 4) is 5.75 Å². The molecule has 0 bridgehead atoms. The number of benzene rings is 1. The van der Waals surface area contributed by atoms with Crippen LogP contribution in [0.5, 0.6) is 5.75 Å². The predicted molar refractivity (Wildman–Crippen MR) is 74.8 cm³/mol. The quantitative estimate of drug-likeness (QED) is 0.664. The molecule has 102 valence electrons. The summed E-state index contributed by atoms with van der Waals surface area (Å²) in [6.07, 6.45) is 2.96. The number of aliphatic hydroxyl groups is 1. The van der Waals surface area contributed by atoms with Crippen LogP contribution in [-0.2, 0) is 6.42 Å². The van der Waals surface area contributed by atoms with Crippen molar-refractivity contribution < 1.29 is 10.2 Å². The number of hydrogen-bond donors (Lipinski definition) is 3. The lowest BCUT2D eigenvalue weighted by Crippen LogP contribution is -2.31. The van der Waals surface area contributed by atoms with Crippen molar-refractivity contribution in [2.45, 2.75) is 39.2 Å². The standard InChI is InChI=1S/C15H25NO2/c1-12(9-10-17)11-16-13(2)3-4-14-5-7-15(18)8-6-14/h5-8,12-13,16-18H,3-4,9-11H2,1-2H3. The molecule has 0 spiro atoms. The Bertz CT molecular complexity index is 324. The van der Waals surface area contributed by atoms with Crippen LogP contribution in [-0.4, -0.2) is 29.4 Å². The lowest BCUT2D eigenvalue weighted by Gasteiger charge is -2.17. The SMILES string of the molecule is CC(CCO)CNC(C)CCc1ccc(O)cc1. The molecular weight excluding hydrogens is 226 g/mol. The highest BCUT2D eigenvalue weighted by molar-refractivity contribution is 5.25. The average molecular weight is 251 g/mol. The maximum atomic E-state index is 9.20. The molecule has 18 heavy (non-hydrogen) atoms. The summed E-state index contributed by atoms with van der Waals surface area (Å²) in [4.78, 5) is 0. The van der Waals surface area contributed by atoms with Gasteiger partial charge < -0.3 is 15.5 Å². The van der Waals surface area contributed by atoms with Gasteiger partial charge in [0, 0.05) is 12.6 Å². The Morgan fingerprint density at radius 2 is 1.78 bits per heavy atom. The molecule has 3 heteroatoms. The van der Waals surface area contributed by atoms with Crippen molar-refractivity contribution >= 4 is 0 Å². The van der Waals surface area contributed by atoms with E-state index in [1.165, 1.54) is 5.56 Å². The topological polar surface area (TPSA) is 52.5 Å². The Hall–Kier alpha value is -1.06. The van der Waals surface area contributed by atoms with E-state index >= 15 is 0 Å². The van der Waals surface area contributed by atoms with Crippen molar-refractivity contribution in [1.29, 1.82) is 0 Å². The van der Waals surface area contributed by atoms with Crippen LogP contribution in [0.2, 0.25) is 0 Å². The van der Waals surface area contributed by atoms with E-state index in [0.717, 1.165) is 25.8 Å². The maximum absolute atomic E-state index is 9.20. The van der Waals surface area contributed by atoms with Gasteiger partial charge in [-0.25, -0.2) is 0 Å². The first kappa shape index (κ1) is 15.0. The van der Waals surface area contributed by atoms with Crippen LogP contribution in [0.25, 0.3) is 0 Å². The molecule has 0 fully saturated rings. The molecule has 2 atom stereocenters. The summed E-state index contributed by atoms with van der Waals surface area (Å²) in [6.45, 7) is 5.56. The van der Waals surface area contributed by atoms with E-state index in [2.05, 4.69) is 19.2 Å². The van der Waals surface area contributed by atoms with Crippen molar-refractivity contribution in [3.05, 3.63) is 29.8 Å². The molecule has 1 aromatic rings. The number of aromatic hydroxyl groups is 1. The highest BCUT2D eigenvalue weighted by Gasteiger charge is 2.05. The van der Waals surface area contributed by atoms with Gasteiger partial charge in [-0.2, -0.15) is 0 Å². The molecule has 1 rings (SSSR count). The third-order valence-electron chi connectivity index (χ3n) is 3.24. The Morgan fingerprint density at radius 3 is 2.39 bits per heavy atom. The summed E-state index contributed by atoms with van der Waals surface area (Å²) in [6, 6.07) is 7.88. The third-order valence-corrected chi connectivity index (χ3v) is 3.24. The largest absolute Gasteiger partial charge is 0.508 e. The first-order valence-corrected chi connectivity index (χ1v) is 6.74. The van der Waals surface area contributed by atoms with Crippen LogP contribution < -0.4 is 5.32 Å². The zero-order valence-electron chi connectivity index (χ0n) is 11.4. The first-order valence-electron chi connectivity index (χ1n) is 6.74. The Labute approximate surface area is 110 Å². The normalized spacial score (nSPS) is 14.4. The second-order valence-corrected chi connectivity index (χ2v) is 5.13. The fourth-order valence-electron chi connectivity index (χ4n) is 1.87. The highest BCUT2D eigenvalue weighted by atomic mass is 16.3. The second kappa shape index (κ2) is 8.11. The van der Waals surface area contributed by atoms with Gasteiger partial charge in [0.15, 0.2) is 0 Å². The molecule has 2 unspecified atom stereocenters. The third kappa shape index (κ3) is 6.03. The van der Waals surface area contributed by atoms with Gasteiger partial charge in [0.1, 0.15) is 5.75 Å². The molecule has 0 heterocycles. The van der Waals surface area contributed by atoms with E-state index in [-0.39, 0.29) is 6.61 Å². The summed E-state index contributed by atoms with van der Waals surface area (Å²) in [5, 5.41) is 21.5. The number of rotatable bonds is 8. The summed E-state index contributed by atoms with van der Waals surface area (Å²) in [7, 11) is 0. The lowest BCUT2D eigenvalue weighted by atomic mass is 10.0. The predicted octanol–water partition coefficient (Wildman–Crippen LogP) is 2.32. The minimum atomic E-state index is 0.269. The number of phenolic OH excluding ortho intramolecular Hbond substituents is 1. The van der Waals surface area contributed by atoms with E-state index in [1.54, 1.807) is 12.1 Å². The fraction of sp³-hybridized carbons (Fsp3) is 0.600. The summed E-state index contributed by atoms with van der Waals surface area (Å²) >= 11 is 0. The van der Waals surface area contributed by atoms with Crippen LogP contribution in [0.4, 0.5) is 0 Å². The van der Waals surface area contributed by atoms with Crippen LogP contribution in [0.3, 0.4) is 0 Å². The fourth-order valence-corrected chi connectivity index (χ4v) is 1.87. The van der Waals surface area contributed by atoms with Crippen LogP contribution in [0.1, 0.15) is 32.3 Å².